The highest BCUT2D eigenvalue weighted by molar-refractivity contribution is 9.10. The van der Waals surface area contributed by atoms with E-state index in [1.807, 2.05) is 52.8 Å². The fraction of sp³-hybridized carbons (Fsp3) is 0.455. The number of carbonyl (C=O) groups is 2. The summed E-state index contributed by atoms with van der Waals surface area (Å²) in [5, 5.41) is 20.8. The van der Waals surface area contributed by atoms with Crippen LogP contribution in [-0.2, 0) is 14.3 Å². The number of aromatic hydroxyl groups is 1. The predicted molar refractivity (Wildman–Crippen MR) is 165 cm³/mol. The quantitative estimate of drug-likeness (QED) is 0.185. The summed E-state index contributed by atoms with van der Waals surface area (Å²) in [6, 6.07) is 4.99. The number of halogens is 1. The van der Waals surface area contributed by atoms with Gasteiger partial charge in [0.1, 0.15) is 18.0 Å². The second kappa shape index (κ2) is 16.2. The molecule has 41 heavy (non-hydrogen) atoms. The SMILES string of the molecule is C[C@H]1C/C=C\C(=O)O[C@H](/C=C/C#C/C=C/C(C)(C)C(O)c2cccc(O)c2Br)[C@H](C)/C=C/[C@@H](C)CC(OC(N)=O)C1. The van der Waals surface area contributed by atoms with Gasteiger partial charge in [-0.3, -0.25) is 0 Å². The number of amides is 1. The third-order valence-corrected chi connectivity index (χ3v) is 7.81. The summed E-state index contributed by atoms with van der Waals surface area (Å²) in [5.41, 5.74) is 5.21. The highest BCUT2D eigenvalue weighted by Crippen LogP contribution is 2.40. The van der Waals surface area contributed by atoms with Crippen LogP contribution in [0.2, 0.25) is 0 Å². The molecule has 4 N–H and O–H groups in total. The summed E-state index contributed by atoms with van der Waals surface area (Å²) < 4.78 is 11.5. The number of hydrogen-bond acceptors (Lipinski definition) is 6. The number of benzene rings is 1. The van der Waals surface area contributed by atoms with Crippen molar-refractivity contribution in [3.63, 3.8) is 0 Å². The van der Waals surface area contributed by atoms with E-state index in [-0.39, 0.29) is 29.6 Å². The van der Waals surface area contributed by atoms with E-state index in [4.69, 9.17) is 15.2 Å². The first-order valence-corrected chi connectivity index (χ1v) is 14.6. The Bertz CT molecular complexity index is 1220. The van der Waals surface area contributed by atoms with E-state index < -0.39 is 29.7 Å². The molecule has 6 atom stereocenters. The monoisotopic (exact) mass is 627 g/mol. The standard InChI is InChI=1S/C33H42BrNO6/c1-22-12-10-16-29(37)41-28(24(3)18-17-23(2)21-25(20-22)40-32(35)39)15-8-6-7-9-19-33(4,5)31(38)26-13-11-14-27(36)30(26)34/h8-11,13-19,22-25,28,31,36,38H,12,20-21H2,1-5H3,(H2,35,39)/b15-8+,16-10-,18-17+,19-9+/t22-,23+,24+,25?,28+,31?/m0/s1. The number of allylic oxidation sites excluding steroid dienone is 4. The fourth-order valence-corrected chi connectivity index (χ4v) is 4.98. The van der Waals surface area contributed by atoms with Crippen molar-refractivity contribution in [1.29, 1.82) is 0 Å². The second-order valence-electron chi connectivity index (χ2n) is 11.3. The second-order valence-corrected chi connectivity index (χ2v) is 12.1. The van der Waals surface area contributed by atoms with E-state index in [0.717, 1.165) is 0 Å². The van der Waals surface area contributed by atoms with Gasteiger partial charge in [-0.2, -0.15) is 0 Å². The third-order valence-electron chi connectivity index (χ3n) is 6.95. The molecular weight excluding hydrogens is 586 g/mol. The van der Waals surface area contributed by atoms with Crippen molar-refractivity contribution in [1.82, 2.24) is 0 Å². The Morgan fingerprint density at radius 3 is 2.61 bits per heavy atom. The van der Waals surface area contributed by atoms with Gasteiger partial charge in [0.05, 0.1) is 10.6 Å². The van der Waals surface area contributed by atoms with Crippen molar-refractivity contribution in [3.05, 3.63) is 76.8 Å². The van der Waals surface area contributed by atoms with Gasteiger partial charge in [0.2, 0.25) is 0 Å². The number of carbonyl (C=O) groups excluding carboxylic acids is 2. The van der Waals surface area contributed by atoms with Gasteiger partial charge in [-0.25, -0.2) is 9.59 Å². The molecule has 222 valence electrons. The zero-order chi connectivity index (χ0) is 30.6. The van der Waals surface area contributed by atoms with Gasteiger partial charge in [-0.15, -0.1) is 0 Å². The van der Waals surface area contributed by atoms with Crippen molar-refractivity contribution in [2.45, 2.75) is 72.2 Å². The third kappa shape index (κ3) is 11.6. The molecule has 8 heteroatoms. The Morgan fingerprint density at radius 2 is 1.90 bits per heavy atom. The van der Waals surface area contributed by atoms with Crippen LogP contribution in [0.1, 0.15) is 65.5 Å². The molecule has 0 bridgehead atoms. The smallest absolute Gasteiger partial charge is 0.404 e. The molecule has 0 fully saturated rings. The summed E-state index contributed by atoms with van der Waals surface area (Å²) in [4.78, 5) is 23.9. The number of rotatable bonds is 5. The maximum Gasteiger partial charge on any atom is 0.404 e. The number of nitrogens with two attached hydrogens (primary N) is 1. The average molecular weight is 629 g/mol. The van der Waals surface area contributed by atoms with Crippen LogP contribution >= 0.6 is 15.9 Å². The molecule has 0 aliphatic carbocycles. The lowest BCUT2D eigenvalue weighted by Crippen LogP contribution is -2.26. The first kappa shape index (κ1) is 33.9. The summed E-state index contributed by atoms with van der Waals surface area (Å²) in [5.74, 6) is 5.69. The molecule has 1 aromatic rings. The highest BCUT2D eigenvalue weighted by atomic mass is 79.9. The fourth-order valence-electron chi connectivity index (χ4n) is 4.50. The number of phenols is 1. The molecule has 0 saturated carbocycles. The summed E-state index contributed by atoms with van der Waals surface area (Å²) >= 11 is 3.34. The van der Waals surface area contributed by atoms with Crippen molar-refractivity contribution in [2.75, 3.05) is 0 Å². The van der Waals surface area contributed by atoms with Crippen molar-refractivity contribution >= 4 is 28.0 Å². The molecule has 1 aliphatic heterocycles. The van der Waals surface area contributed by atoms with Crippen LogP contribution in [0.25, 0.3) is 0 Å². The lowest BCUT2D eigenvalue weighted by Gasteiger charge is -2.28. The number of aliphatic hydroxyl groups is 1. The van der Waals surface area contributed by atoms with E-state index in [0.29, 0.717) is 29.3 Å². The van der Waals surface area contributed by atoms with Crippen LogP contribution in [0.15, 0.2) is 71.3 Å². The molecular formula is C33H42BrNO6. The summed E-state index contributed by atoms with van der Waals surface area (Å²) in [7, 11) is 0. The van der Waals surface area contributed by atoms with Gasteiger partial charge in [0, 0.05) is 17.4 Å². The van der Waals surface area contributed by atoms with Crippen LogP contribution < -0.4 is 5.73 Å². The minimum absolute atomic E-state index is 0.0645. The number of primary amides is 1. The predicted octanol–water partition coefficient (Wildman–Crippen LogP) is 6.91. The van der Waals surface area contributed by atoms with Crippen molar-refractivity contribution in [2.24, 2.45) is 28.9 Å². The van der Waals surface area contributed by atoms with Crippen molar-refractivity contribution < 1.29 is 29.3 Å². The highest BCUT2D eigenvalue weighted by Gasteiger charge is 2.28. The Morgan fingerprint density at radius 1 is 1.20 bits per heavy atom. The largest absolute Gasteiger partial charge is 0.507 e. The number of hydrogen-bond donors (Lipinski definition) is 3. The van der Waals surface area contributed by atoms with Crippen LogP contribution in [0.3, 0.4) is 0 Å². The molecule has 1 heterocycles. The Hall–Kier alpha value is -3.28. The maximum absolute atomic E-state index is 12.5. The molecule has 2 unspecified atom stereocenters. The Balaban J connectivity index is 2.15. The van der Waals surface area contributed by atoms with Gasteiger partial charge in [-0.05, 0) is 76.9 Å². The maximum atomic E-state index is 12.5. The molecule has 1 aromatic carbocycles. The number of phenolic OH excluding ortho intramolecular Hbond substituents is 1. The molecule has 7 nitrogen and oxygen atoms in total. The lowest BCUT2D eigenvalue weighted by atomic mass is 9.82. The van der Waals surface area contributed by atoms with E-state index in [1.54, 1.807) is 42.5 Å². The van der Waals surface area contributed by atoms with Gasteiger partial charge in [0.25, 0.3) is 0 Å². The first-order valence-electron chi connectivity index (χ1n) is 13.8. The zero-order valence-corrected chi connectivity index (χ0v) is 26.0. The summed E-state index contributed by atoms with van der Waals surface area (Å²) in [6.07, 6.45) is 13.6. The van der Waals surface area contributed by atoms with E-state index in [2.05, 4.69) is 27.8 Å². The normalized spacial score (nSPS) is 26.8. The van der Waals surface area contributed by atoms with Gasteiger partial charge < -0.3 is 25.4 Å². The zero-order valence-electron chi connectivity index (χ0n) is 24.4. The minimum Gasteiger partial charge on any atom is -0.507 e. The van der Waals surface area contributed by atoms with Crippen LogP contribution in [-0.4, -0.2) is 34.5 Å². The van der Waals surface area contributed by atoms with Crippen LogP contribution in [0.5, 0.6) is 5.75 Å². The van der Waals surface area contributed by atoms with Gasteiger partial charge in [0.15, 0.2) is 0 Å². The molecule has 0 radical (unpaired) electrons. The molecule has 0 aromatic heterocycles. The first-order chi connectivity index (χ1) is 19.3. The van der Waals surface area contributed by atoms with Gasteiger partial charge >= 0.3 is 12.1 Å². The van der Waals surface area contributed by atoms with Crippen molar-refractivity contribution in [3.8, 4) is 17.6 Å². The topological polar surface area (TPSA) is 119 Å². The van der Waals surface area contributed by atoms with E-state index >= 15 is 0 Å². The van der Waals surface area contributed by atoms with Gasteiger partial charge in [-0.1, -0.05) is 82.9 Å². The molecule has 0 saturated heterocycles. The van der Waals surface area contributed by atoms with E-state index in [1.165, 1.54) is 6.08 Å². The number of cyclic esters (lactones) is 1. The molecule has 1 aliphatic rings. The summed E-state index contributed by atoms with van der Waals surface area (Å²) in [6.45, 7) is 9.79. The molecule has 1 amide bonds. The van der Waals surface area contributed by atoms with Crippen LogP contribution in [0.4, 0.5) is 4.79 Å². The van der Waals surface area contributed by atoms with Crippen LogP contribution in [0, 0.1) is 35.0 Å². The Labute approximate surface area is 252 Å². The Kier molecular flexibility index (Phi) is 13.4. The minimum atomic E-state index is -0.870. The van der Waals surface area contributed by atoms with E-state index in [9.17, 15) is 19.8 Å². The number of aliphatic hydroxyl groups excluding tert-OH is 1. The average Bonchev–Trinajstić information content (AvgIpc) is 2.88. The lowest BCUT2D eigenvalue weighted by molar-refractivity contribution is -0.142. The molecule has 2 rings (SSSR count). The molecule has 0 spiro atoms. The number of esters is 1. The number of ether oxygens (including phenoxy) is 2.